The zero-order valence-corrected chi connectivity index (χ0v) is 20.3. The van der Waals surface area contributed by atoms with Crippen LogP contribution >= 0.6 is 24.0 Å². The molecule has 1 aromatic heterocycles. The molecule has 0 radical (unpaired) electrons. The Morgan fingerprint density at radius 2 is 2.17 bits per heavy atom. The predicted octanol–water partition coefficient (Wildman–Crippen LogP) is 3.43. The Kier molecular flexibility index (Phi) is 9.26. The molecule has 7 heteroatoms. The Morgan fingerprint density at radius 3 is 2.86 bits per heavy atom. The van der Waals surface area contributed by atoms with E-state index in [1.807, 2.05) is 17.9 Å². The number of halogens is 1. The molecule has 0 aliphatic carbocycles. The summed E-state index contributed by atoms with van der Waals surface area (Å²) in [6.07, 6.45) is 7.31. The average Bonchev–Trinajstić information content (AvgIpc) is 3.31. The van der Waals surface area contributed by atoms with Gasteiger partial charge in [0.2, 0.25) is 0 Å². The van der Waals surface area contributed by atoms with Crippen LogP contribution in [0.5, 0.6) is 5.75 Å². The number of nitrogens with zero attached hydrogens (tertiary/aromatic N) is 4. The molecule has 0 amide bonds. The summed E-state index contributed by atoms with van der Waals surface area (Å²) in [6.45, 7) is 7.98. The lowest BCUT2D eigenvalue weighted by molar-refractivity contribution is 0.411. The number of benzene rings is 1. The first kappa shape index (κ1) is 23.5. The van der Waals surface area contributed by atoms with Gasteiger partial charge < -0.3 is 15.0 Å². The molecule has 160 valence electrons. The second-order valence-electron chi connectivity index (χ2n) is 7.62. The predicted molar refractivity (Wildman–Crippen MR) is 129 cm³/mol. The molecule has 3 rings (SSSR count). The maximum atomic E-state index is 5.43. The van der Waals surface area contributed by atoms with Crippen molar-refractivity contribution in [1.29, 1.82) is 0 Å². The molecule has 1 N–H and O–H groups in total. The third-order valence-electron chi connectivity index (χ3n) is 5.34. The van der Waals surface area contributed by atoms with Crippen molar-refractivity contribution < 1.29 is 4.74 Å². The van der Waals surface area contributed by atoms with Crippen molar-refractivity contribution in [2.75, 3.05) is 33.3 Å². The highest BCUT2D eigenvalue weighted by atomic mass is 127. The van der Waals surface area contributed by atoms with Crippen LogP contribution in [0.3, 0.4) is 0 Å². The number of aryl methyl sites for hydroxylation is 2. The van der Waals surface area contributed by atoms with Gasteiger partial charge in [0.15, 0.2) is 5.96 Å². The van der Waals surface area contributed by atoms with E-state index in [0.29, 0.717) is 5.92 Å². The number of hydrogen-bond acceptors (Lipinski definition) is 3. The second-order valence-corrected chi connectivity index (χ2v) is 7.62. The molecule has 2 aromatic rings. The Morgan fingerprint density at radius 1 is 1.34 bits per heavy atom. The highest BCUT2D eigenvalue weighted by molar-refractivity contribution is 14.0. The number of rotatable bonds is 7. The number of aliphatic imine (C=N–C) groups is 1. The van der Waals surface area contributed by atoms with Gasteiger partial charge in [-0.1, -0.05) is 12.1 Å². The van der Waals surface area contributed by atoms with E-state index in [1.54, 1.807) is 7.11 Å². The quantitative estimate of drug-likeness (QED) is 0.352. The summed E-state index contributed by atoms with van der Waals surface area (Å²) in [7, 11) is 3.70. The summed E-state index contributed by atoms with van der Waals surface area (Å²) < 4.78 is 7.32. The van der Waals surface area contributed by atoms with Gasteiger partial charge in [0.1, 0.15) is 5.75 Å². The van der Waals surface area contributed by atoms with Gasteiger partial charge in [-0.25, -0.2) is 0 Å². The molecule has 1 fully saturated rings. The molecule has 1 aliphatic rings. The van der Waals surface area contributed by atoms with Crippen LogP contribution in [0.25, 0.3) is 0 Å². The minimum absolute atomic E-state index is 0. The Bertz CT molecular complexity index is 804. The van der Waals surface area contributed by atoms with Crippen LogP contribution < -0.4 is 10.1 Å². The van der Waals surface area contributed by atoms with E-state index in [9.17, 15) is 0 Å². The number of hydrogen-bond donors (Lipinski definition) is 1. The highest BCUT2D eigenvalue weighted by Crippen LogP contribution is 2.21. The lowest BCUT2D eigenvalue weighted by Crippen LogP contribution is -2.40. The molecular weight excluding hydrogens is 477 g/mol. The van der Waals surface area contributed by atoms with Crippen LogP contribution in [0.1, 0.15) is 30.0 Å². The van der Waals surface area contributed by atoms with Gasteiger partial charge in [-0.3, -0.25) is 9.67 Å². The third kappa shape index (κ3) is 6.62. The number of aromatic nitrogens is 2. The Hall–Kier alpha value is -1.77. The summed E-state index contributed by atoms with van der Waals surface area (Å²) in [5.41, 5.74) is 3.75. The van der Waals surface area contributed by atoms with E-state index in [4.69, 9.17) is 9.73 Å². The zero-order chi connectivity index (χ0) is 19.9. The van der Waals surface area contributed by atoms with Gasteiger partial charge in [-0.15, -0.1) is 24.0 Å². The van der Waals surface area contributed by atoms with Crippen LogP contribution in [-0.4, -0.2) is 53.9 Å². The van der Waals surface area contributed by atoms with E-state index >= 15 is 0 Å². The van der Waals surface area contributed by atoms with E-state index in [0.717, 1.165) is 50.7 Å². The first-order chi connectivity index (χ1) is 13.6. The number of likely N-dealkylation sites (tertiary alicyclic amines) is 1. The van der Waals surface area contributed by atoms with E-state index in [-0.39, 0.29) is 24.0 Å². The summed E-state index contributed by atoms with van der Waals surface area (Å²) in [4.78, 5) is 7.29. The topological polar surface area (TPSA) is 54.7 Å². The highest BCUT2D eigenvalue weighted by Gasteiger charge is 2.25. The first-order valence-electron chi connectivity index (χ1n) is 10.2. The molecule has 0 saturated carbocycles. The molecule has 2 heterocycles. The van der Waals surface area contributed by atoms with Crippen molar-refractivity contribution >= 4 is 29.9 Å². The Labute approximate surface area is 191 Å². The van der Waals surface area contributed by atoms with Crippen LogP contribution in [0.4, 0.5) is 0 Å². The largest absolute Gasteiger partial charge is 0.496 e. The standard InChI is InChI=1S/C22H33N5O.HI/c1-5-23-22(24-10-8-18-7-6-17(2)21(13-18)28-4)27-11-9-19(16-27)12-20-14-25-26(3)15-20;/h6-7,13-15,19H,5,8-12,16H2,1-4H3,(H,23,24);1H. The van der Waals surface area contributed by atoms with Crippen molar-refractivity contribution in [3.8, 4) is 5.75 Å². The Balaban J connectivity index is 0.00000300. The van der Waals surface area contributed by atoms with E-state index in [2.05, 4.69) is 53.6 Å². The van der Waals surface area contributed by atoms with Crippen LogP contribution in [0.2, 0.25) is 0 Å². The fourth-order valence-corrected chi connectivity index (χ4v) is 3.84. The molecule has 1 unspecified atom stereocenters. The number of methoxy groups -OCH3 is 1. The van der Waals surface area contributed by atoms with Crippen molar-refractivity contribution in [2.45, 2.75) is 33.1 Å². The van der Waals surface area contributed by atoms with Crippen molar-refractivity contribution in [3.05, 3.63) is 47.3 Å². The second kappa shape index (κ2) is 11.4. The fourth-order valence-electron chi connectivity index (χ4n) is 3.84. The maximum absolute atomic E-state index is 5.43. The van der Waals surface area contributed by atoms with Gasteiger partial charge in [0.05, 0.1) is 13.3 Å². The van der Waals surface area contributed by atoms with Gasteiger partial charge >= 0.3 is 0 Å². The zero-order valence-electron chi connectivity index (χ0n) is 18.0. The van der Waals surface area contributed by atoms with Gasteiger partial charge in [0, 0.05) is 39.4 Å². The van der Waals surface area contributed by atoms with Gasteiger partial charge in [0.25, 0.3) is 0 Å². The van der Waals surface area contributed by atoms with E-state index < -0.39 is 0 Å². The summed E-state index contributed by atoms with van der Waals surface area (Å²) in [5.74, 6) is 2.65. The molecule has 29 heavy (non-hydrogen) atoms. The van der Waals surface area contributed by atoms with Crippen molar-refractivity contribution in [1.82, 2.24) is 20.0 Å². The molecule has 1 aliphatic heterocycles. The molecule has 1 aromatic carbocycles. The minimum Gasteiger partial charge on any atom is -0.496 e. The first-order valence-corrected chi connectivity index (χ1v) is 10.2. The molecular formula is C22H34IN5O. The molecule has 0 spiro atoms. The maximum Gasteiger partial charge on any atom is 0.193 e. The van der Waals surface area contributed by atoms with Crippen molar-refractivity contribution in [3.63, 3.8) is 0 Å². The van der Waals surface area contributed by atoms with Crippen LogP contribution in [0, 0.1) is 12.8 Å². The van der Waals surface area contributed by atoms with Crippen molar-refractivity contribution in [2.24, 2.45) is 18.0 Å². The summed E-state index contributed by atoms with van der Waals surface area (Å²) in [6, 6.07) is 6.41. The summed E-state index contributed by atoms with van der Waals surface area (Å²) in [5, 5.41) is 7.75. The lowest BCUT2D eigenvalue weighted by atomic mass is 10.0. The minimum atomic E-state index is 0. The monoisotopic (exact) mass is 511 g/mol. The van der Waals surface area contributed by atoms with Gasteiger partial charge in [-0.2, -0.15) is 5.10 Å². The number of ether oxygens (including phenoxy) is 1. The molecule has 1 saturated heterocycles. The smallest absolute Gasteiger partial charge is 0.193 e. The molecule has 0 bridgehead atoms. The average molecular weight is 511 g/mol. The van der Waals surface area contributed by atoms with Crippen LogP contribution in [-0.2, 0) is 19.9 Å². The lowest BCUT2D eigenvalue weighted by Gasteiger charge is -2.21. The molecule has 6 nitrogen and oxygen atoms in total. The molecule has 1 atom stereocenters. The van der Waals surface area contributed by atoms with Crippen LogP contribution in [0.15, 0.2) is 35.6 Å². The summed E-state index contributed by atoms with van der Waals surface area (Å²) >= 11 is 0. The SMILES string of the molecule is CCNC(=NCCc1ccc(C)c(OC)c1)N1CCC(Cc2cnn(C)c2)C1.I. The fraction of sp³-hybridized carbons (Fsp3) is 0.545. The number of nitrogens with one attached hydrogen (secondary N) is 1. The van der Waals surface area contributed by atoms with E-state index in [1.165, 1.54) is 23.1 Å². The number of guanidine groups is 1. The normalized spacial score (nSPS) is 16.6. The van der Waals surface area contributed by atoms with Gasteiger partial charge in [-0.05, 0) is 61.8 Å². The third-order valence-corrected chi connectivity index (χ3v) is 5.34.